The largest absolute Gasteiger partial charge is 0.350 e. The van der Waals surface area contributed by atoms with Crippen molar-refractivity contribution in [1.29, 1.82) is 0 Å². The maximum Gasteiger partial charge on any atom is 0.326 e. The molecule has 0 aliphatic carbocycles. The molecule has 9 heteroatoms. The first-order chi connectivity index (χ1) is 13.5. The second kappa shape index (κ2) is 7.01. The smallest absolute Gasteiger partial charge is 0.326 e. The van der Waals surface area contributed by atoms with Crippen molar-refractivity contribution >= 4 is 27.5 Å². The number of hydrogen-bond acceptors (Lipinski definition) is 4. The van der Waals surface area contributed by atoms with Crippen LogP contribution in [-0.2, 0) is 10.2 Å². The van der Waals surface area contributed by atoms with E-state index in [9.17, 15) is 13.2 Å². The molecule has 1 aromatic heterocycles. The maximum absolute atomic E-state index is 12.6. The molecule has 0 bridgehead atoms. The standard InChI is InChI=1S/C19H19N5O3S/c1-22-17-8-2-3-9-18(17)24(28(22,26)27)13-11-20-19(25)15-6-4-7-16(14-15)23-12-5-10-21-23/h2-10,12,14H,11,13H2,1H3,(H,20,25). The molecule has 0 spiro atoms. The summed E-state index contributed by atoms with van der Waals surface area (Å²) in [6.45, 7) is 0.334. The van der Waals surface area contributed by atoms with Crippen LogP contribution in [0.3, 0.4) is 0 Å². The Morgan fingerprint density at radius 2 is 1.86 bits per heavy atom. The Balaban J connectivity index is 1.45. The molecule has 1 amide bonds. The van der Waals surface area contributed by atoms with Crippen molar-refractivity contribution in [1.82, 2.24) is 15.1 Å². The van der Waals surface area contributed by atoms with E-state index in [4.69, 9.17) is 0 Å². The van der Waals surface area contributed by atoms with E-state index in [2.05, 4.69) is 10.4 Å². The molecular formula is C19H19N5O3S. The zero-order chi connectivity index (χ0) is 19.7. The Hall–Kier alpha value is -3.33. The van der Waals surface area contributed by atoms with Gasteiger partial charge in [0.05, 0.1) is 23.6 Å². The van der Waals surface area contributed by atoms with Crippen molar-refractivity contribution < 1.29 is 13.2 Å². The van der Waals surface area contributed by atoms with E-state index in [-0.39, 0.29) is 19.0 Å². The first-order valence-electron chi connectivity index (χ1n) is 8.72. The molecule has 1 aliphatic rings. The molecular weight excluding hydrogens is 378 g/mol. The highest BCUT2D eigenvalue weighted by molar-refractivity contribution is 7.94. The fraction of sp³-hybridized carbons (Fsp3) is 0.158. The van der Waals surface area contributed by atoms with E-state index in [0.717, 1.165) is 5.69 Å². The lowest BCUT2D eigenvalue weighted by Gasteiger charge is -2.19. The lowest BCUT2D eigenvalue weighted by molar-refractivity contribution is 0.0955. The summed E-state index contributed by atoms with van der Waals surface area (Å²) in [5, 5.41) is 6.94. The minimum Gasteiger partial charge on any atom is -0.350 e. The Morgan fingerprint density at radius 3 is 2.61 bits per heavy atom. The lowest BCUT2D eigenvalue weighted by atomic mass is 10.2. The van der Waals surface area contributed by atoms with Gasteiger partial charge in [-0.3, -0.25) is 9.10 Å². The van der Waals surface area contributed by atoms with Crippen molar-refractivity contribution in [2.24, 2.45) is 0 Å². The van der Waals surface area contributed by atoms with Gasteiger partial charge in [0.25, 0.3) is 5.91 Å². The van der Waals surface area contributed by atoms with Gasteiger partial charge in [0.1, 0.15) is 0 Å². The Labute approximate surface area is 163 Å². The zero-order valence-electron chi connectivity index (χ0n) is 15.2. The van der Waals surface area contributed by atoms with Crippen LogP contribution in [-0.4, -0.2) is 44.2 Å². The summed E-state index contributed by atoms with van der Waals surface area (Å²) >= 11 is 0. The number of carbonyl (C=O) groups is 1. The maximum atomic E-state index is 12.6. The SMILES string of the molecule is CN1c2ccccc2N(CCNC(=O)c2cccc(-n3cccn3)c2)S1(=O)=O. The fourth-order valence-electron chi connectivity index (χ4n) is 3.16. The van der Waals surface area contributed by atoms with Crippen molar-refractivity contribution in [3.8, 4) is 5.69 Å². The monoisotopic (exact) mass is 397 g/mol. The van der Waals surface area contributed by atoms with Crippen molar-refractivity contribution in [3.05, 3.63) is 72.6 Å². The lowest BCUT2D eigenvalue weighted by Crippen LogP contribution is -2.40. The quantitative estimate of drug-likeness (QED) is 0.711. The van der Waals surface area contributed by atoms with E-state index in [1.807, 2.05) is 6.07 Å². The van der Waals surface area contributed by atoms with Crippen LogP contribution in [0.5, 0.6) is 0 Å². The van der Waals surface area contributed by atoms with Gasteiger partial charge in [-0.25, -0.2) is 8.99 Å². The number of rotatable bonds is 5. The van der Waals surface area contributed by atoms with Crippen LogP contribution in [0.2, 0.25) is 0 Å². The molecule has 2 aromatic carbocycles. The van der Waals surface area contributed by atoms with Gasteiger partial charge in [0.2, 0.25) is 0 Å². The molecule has 28 heavy (non-hydrogen) atoms. The van der Waals surface area contributed by atoms with Crippen molar-refractivity contribution in [3.63, 3.8) is 0 Å². The van der Waals surface area contributed by atoms with Crippen molar-refractivity contribution in [2.75, 3.05) is 28.7 Å². The number of anilines is 2. The Bertz CT molecular complexity index is 1110. The molecule has 2 heterocycles. The van der Waals surface area contributed by atoms with Crippen LogP contribution in [0.25, 0.3) is 5.69 Å². The normalized spacial score (nSPS) is 14.8. The molecule has 1 N–H and O–H groups in total. The zero-order valence-corrected chi connectivity index (χ0v) is 16.0. The minimum atomic E-state index is -3.62. The van der Waals surface area contributed by atoms with Crippen LogP contribution in [0.1, 0.15) is 10.4 Å². The highest BCUT2D eigenvalue weighted by Gasteiger charge is 2.37. The molecule has 1 aliphatic heterocycles. The van der Waals surface area contributed by atoms with E-state index in [1.165, 1.54) is 15.7 Å². The summed E-state index contributed by atoms with van der Waals surface area (Å²) in [5.74, 6) is -0.271. The van der Waals surface area contributed by atoms with Crippen molar-refractivity contribution in [2.45, 2.75) is 0 Å². The molecule has 4 rings (SSSR count). The average molecular weight is 397 g/mol. The number of nitrogens with zero attached hydrogens (tertiary/aromatic N) is 4. The molecule has 0 atom stereocenters. The van der Waals surface area contributed by atoms with Gasteiger partial charge in [0, 0.05) is 31.5 Å². The number of hydrogen-bond donors (Lipinski definition) is 1. The number of amides is 1. The van der Waals surface area contributed by atoms with Crippen LogP contribution >= 0.6 is 0 Å². The molecule has 0 unspecified atom stereocenters. The average Bonchev–Trinajstić information content (AvgIpc) is 3.30. The number of fused-ring (bicyclic) bond motifs is 1. The van der Waals surface area contributed by atoms with E-state index in [0.29, 0.717) is 16.9 Å². The van der Waals surface area contributed by atoms with Crippen LogP contribution in [0, 0.1) is 0 Å². The summed E-state index contributed by atoms with van der Waals surface area (Å²) in [5.41, 5.74) is 2.49. The molecule has 144 valence electrons. The summed E-state index contributed by atoms with van der Waals surface area (Å²) in [7, 11) is -2.10. The first-order valence-corrected chi connectivity index (χ1v) is 10.1. The minimum absolute atomic E-state index is 0.147. The van der Waals surface area contributed by atoms with Crippen LogP contribution in [0.15, 0.2) is 67.0 Å². The topological polar surface area (TPSA) is 87.5 Å². The third-order valence-corrected chi connectivity index (χ3v) is 6.42. The second-order valence-electron chi connectivity index (χ2n) is 6.29. The second-order valence-corrected chi connectivity index (χ2v) is 8.18. The van der Waals surface area contributed by atoms with Gasteiger partial charge in [-0.15, -0.1) is 0 Å². The van der Waals surface area contributed by atoms with Gasteiger partial charge < -0.3 is 5.32 Å². The van der Waals surface area contributed by atoms with E-state index in [1.54, 1.807) is 65.6 Å². The molecule has 0 fully saturated rings. The van der Waals surface area contributed by atoms with E-state index >= 15 is 0 Å². The summed E-state index contributed by atoms with van der Waals surface area (Å²) in [6, 6.07) is 16.0. The Morgan fingerprint density at radius 1 is 1.07 bits per heavy atom. The number of benzene rings is 2. The number of nitrogens with one attached hydrogen (secondary N) is 1. The van der Waals surface area contributed by atoms with Crippen LogP contribution < -0.4 is 13.9 Å². The van der Waals surface area contributed by atoms with Gasteiger partial charge in [-0.05, 0) is 36.4 Å². The molecule has 8 nitrogen and oxygen atoms in total. The Kier molecular flexibility index (Phi) is 4.52. The first kappa shape index (κ1) is 18.1. The van der Waals surface area contributed by atoms with E-state index < -0.39 is 10.2 Å². The van der Waals surface area contributed by atoms with Gasteiger partial charge in [-0.2, -0.15) is 13.5 Å². The third-order valence-electron chi connectivity index (χ3n) is 4.59. The summed E-state index contributed by atoms with van der Waals surface area (Å²) in [6.07, 6.45) is 3.46. The number of aromatic nitrogens is 2. The third kappa shape index (κ3) is 3.09. The summed E-state index contributed by atoms with van der Waals surface area (Å²) in [4.78, 5) is 12.5. The predicted molar refractivity (Wildman–Crippen MR) is 107 cm³/mol. The highest BCUT2D eigenvalue weighted by atomic mass is 32.2. The molecule has 0 saturated carbocycles. The van der Waals surface area contributed by atoms with Gasteiger partial charge in [0.15, 0.2) is 0 Å². The summed E-state index contributed by atoms with van der Waals surface area (Å²) < 4.78 is 29.4. The molecule has 0 radical (unpaired) electrons. The fourth-order valence-corrected chi connectivity index (χ4v) is 4.58. The molecule has 0 saturated heterocycles. The number of para-hydroxylation sites is 2. The van der Waals surface area contributed by atoms with Crippen LogP contribution in [0.4, 0.5) is 11.4 Å². The van der Waals surface area contributed by atoms with Gasteiger partial charge in [-0.1, -0.05) is 18.2 Å². The number of carbonyl (C=O) groups excluding carboxylic acids is 1. The highest BCUT2D eigenvalue weighted by Crippen LogP contribution is 2.38. The predicted octanol–water partition coefficient (Wildman–Crippen LogP) is 1.80. The van der Waals surface area contributed by atoms with Gasteiger partial charge >= 0.3 is 10.2 Å². The molecule has 3 aromatic rings.